The van der Waals surface area contributed by atoms with Crippen LogP contribution in [0, 0.1) is 5.92 Å². The van der Waals surface area contributed by atoms with Crippen molar-refractivity contribution in [1.29, 1.82) is 0 Å². The Balaban J connectivity index is 4.21. The van der Waals surface area contributed by atoms with Gasteiger partial charge in [0.25, 0.3) is 0 Å². The lowest BCUT2D eigenvalue weighted by Crippen LogP contribution is -2.01. The van der Waals surface area contributed by atoms with E-state index < -0.39 is 12.5 Å². The summed E-state index contributed by atoms with van der Waals surface area (Å²) < 4.78 is 11.9. The minimum Gasteiger partial charge on any atom is -0.291 e. The van der Waals surface area contributed by atoms with Crippen LogP contribution in [0.3, 0.4) is 0 Å². The molecule has 0 N–H and O–H groups in total. The molecular formula is C11H15FO. The molecule has 0 aliphatic carbocycles. The van der Waals surface area contributed by atoms with E-state index in [-0.39, 0.29) is 5.57 Å². The highest BCUT2D eigenvalue weighted by Crippen LogP contribution is 2.09. The lowest BCUT2D eigenvalue weighted by atomic mass is 10.0. The summed E-state index contributed by atoms with van der Waals surface area (Å²) in [5, 5.41) is 0. The molecule has 0 aliphatic rings. The summed E-state index contributed by atoms with van der Waals surface area (Å²) in [5.74, 6) is -0.252. The summed E-state index contributed by atoms with van der Waals surface area (Å²) >= 11 is 0. The molecule has 0 amide bonds. The van der Waals surface area contributed by atoms with Gasteiger partial charge in [0.15, 0.2) is 12.5 Å². The van der Waals surface area contributed by atoms with Crippen molar-refractivity contribution in [3.05, 3.63) is 36.5 Å². The first-order valence-electron chi connectivity index (χ1n) is 4.14. The minimum absolute atomic E-state index is 0.185. The van der Waals surface area contributed by atoms with Crippen molar-refractivity contribution in [1.82, 2.24) is 0 Å². The Hall–Kier alpha value is -1.18. The molecule has 72 valence electrons. The molecule has 0 fully saturated rings. The second kappa shape index (κ2) is 5.46. The second-order valence-electron chi connectivity index (χ2n) is 3.14. The number of allylic oxidation sites excluding steroid dienone is 4. The average molecular weight is 182 g/mol. The van der Waals surface area contributed by atoms with Crippen molar-refractivity contribution in [2.24, 2.45) is 5.92 Å². The first-order valence-corrected chi connectivity index (χ1v) is 4.14. The summed E-state index contributed by atoms with van der Waals surface area (Å²) in [5.41, 5.74) is 1.08. The summed E-state index contributed by atoms with van der Waals surface area (Å²) in [7, 11) is 0. The predicted molar refractivity (Wildman–Crippen MR) is 53.2 cm³/mol. The van der Waals surface area contributed by atoms with E-state index >= 15 is 0 Å². The van der Waals surface area contributed by atoms with Crippen molar-refractivity contribution >= 4 is 5.78 Å². The molecule has 0 atom stereocenters. The maximum absolute atomic E-state index is 11.9. The molecule has 0 rings (SSSR count). The van der Waals surface area contributed by atoms with Gasteiger partial charge < -0.3 is 0 Å². The van der Waals surface area contributed by atoms with E-state index in [0.717, 1.165) is 5.57 Å². The van der Waals surface area contributed by atoms with Gasteiger partial charge in [0.05, 0.1) is 0 Å². The number of carbonyl (C=O) groups is 1. The normalized spacial score (nSPS) is 10.8. The number of rotatable bonds is 5. The smallest absolute Gasteiger partial charge is 0.193 e. The minimum atomic E-state index is -0.989. The van der Waals surface area contributed by atoms with Gasteiger partial charge in [-0.15, -0.1) is 0 Å². The van der Waals surface area contributed by atoms with Crippen LogP contribution in [0.15, 0.2) is 36.5 Å². The van der Waals surface area contributed by atoms with Gasteiger partial charge >= 0.3 is 0 Å². The van der Waals surface area contributed by atoms with Crippen molar-refractivity contribution < 1.29 is 9.18 Å². The third kappa shape index (κ3) is 4.41. The summed E-state index contributed by atoms with van der Waals surface area (Å²) in [6.45, 7) is 10.2. The van der Waals surface area contributed by atoms with Crippen LogP contribution in [-0.4, -0.2) is 12.5 Å². The predicted octanol–water partition coefficient (Wildman–Crippen LogP) is 2.85. The average Bonchev–Trinajstić information content (AvgIpc) is 2.11. The molecule has 0 aliphatic heterocycles. The third-order valence-electron chi connectivity index (χ3n) is 1.72. The zero-order valence-electron chi connectivity index (χ0n) is 8.14. The molecule has 13 heavy (non-hydrogen) atoms. The monoisotopic (exact) mass is 182 g/mol. The quantitative estimate of drug-likeness (QED) is 0.472. The van der Waals surface area contributed by atoms with Gasteiger partial charge in [0, 0.05) is 5.57 Å². The molecule has 1 nitrogen and oxygen atoms in total. The van der Waals surface area contributed by atoms with E-state index in [1.807, 2.05) is 13.8 Å². The molecule has 0 saturated carbocycles. The zero-order valence-corrected chi connectivity index (χ0v) is 8.14. The number of Topliss-reactive ketones (excluding diaryl/α,β-unsaturated/α-hetero) is 1. The highest BCUT2D eigenvalue weighted by atomic mass is 19.1. The molecule has 0 heterocycles. The summed E-state index contributed by atoms with van der Waals surface area (Å²) in [6.07, 6.45) is 3.20. The topological polar surface area (TPSA) is 17.1 Å². The maximum atomic E-state index is 11.9. The van der Waals surface area contributed by atoms with Gasteiger partial charge in [-0.1, -0.05) is 44.7 Å². The van der Waals surface area contributed by atoms with Crippen molar-refractivity contribution in [3.63, 3.8) is 0 Å². The summed E-state index contributed by atoms with van der Waals surface area (Å²) in [6, 6.07) is 0. The van der Waals surface area contributed by atoms with Crippen LogP contribution in [0.2, 0.25) is 0 Å². The number of halogens is 1. The first-order chi connectivity index (χ1) is 5.99. The third-order valence-corrected chi connectivity index (χ3v) is 1.72. The molecule has 0 saturated heterocycles. The van der Waals surface area contributed by atoms with Gasteiger partial charge in [0.2, 0.25) is 0 Å². The number of carbonyl (C=O) groups excluding carboxylic acids is 1. The SMILES string of the molecule is C=C(/C=C\C(=C)C(C)C)C(=O)CF. The van der Waals surface area contributed by atoms with E-state index in [1.165, 1.54) is 6.08 Å². The Kier molecular flexibility index (Phi) is 4.97. The Morgan fingerprint density at radius 2 is 1.92 bits per heavy atom. The molecule has 0 aromatic carbocycles. The molecule has 0 bridgehead atoms. The largest absolute Gasteiger partial charge is 0.291 e. The maximum Gasteiger partial charge on any atom is 0.193 e. The number of ketones is 1. The fourth-order valence-corrected chi connectivity index (χ4v) is 0.579. The number of hydrogen-bond donors (Lipinski definition) is 0. The van der Waals surface area contributed by atoms with Gasteiger partial charge in [-0.25, -0.2) is 4.39 Å². The highest BCUT2D eigenvalue weighted by molar-refractivity contribution is 5.98. The van der Waals surface area contributed by atoms with E-state index in [4.69, 9.17) is 0 Å². The molecule has 0 unspecified atom stereocenters. The van der Waals surface area contributed by atoms with Crippen LogP contribution in [-0.2, 0) is 4.79 Å². The molecule has 2 heteroatoms. The fraction of sp³-hybridized carbons (Fsp3) is 0.364. The molecule has 0 spiro atoms. The van der Waals surface area contributed by atoms with Gasteiger partial charge in [-0.2, -0.15) is 0 Å². The highest BCUT2D eigenvalue weighted by Gasteiger charge is 2.02. The Morgan fingerprint density at radius 3 is 2.31 bits per heavy atom. The standard InChI is InChI=1S/C11H15FO/c1-8(2)9(3)5-6-10(4)11(13)7-12/h5-6,8H,3-4,7H2,1-2H3/b6-5-. The van der Waals surface area contributed by atoms with Crippen LogP contribution < -0.4 is 0 Å². The van der Waals surface area contributed by atoms with Gasteiger partial charge in [-0.05, 0) is 5.92 Å². The van der Waals surface area contributed by atoms with Crippen molar-refractivity contribution in [2.75, 3.05) is 6.67 Å². The Morgan fingerprint density at radius 1 is 1.38 bits per heavy atom. The van der Waals surface area contributed by atoms with Crippen molar-refractivity contribution in [3.8, 4) is 0 Å². The van der Waals surface area contributed by atoms with Crippen molar-refractivity contribution in [2.45, 2.75) is 13.8 Å². The Bertz CT molecular complexity index is 249. The van der Waals surface area contributed by atoms with E-state index in [0.29, 0.717) is 5.92 Å². The zero-order chi connectivity index (χ0) is 10.4. The lowest BCUT2D eigenvalue weighted by Gasteiger charge is -2.02. The lowest BCUT2D eigenvalue weighted by molar-refractivity contribution is -0.116. The van der Waals surface area contributed by atoms with Gasteiger partial charge in [0.1, 0.15) is 0 Å². The molecular weight excluding hydrogens is 167 g/mol. The van der Waals surface area contributed by atoms with Gasteiger partial charge in [-0.3, -0.25) is 4.79 Å². The number of alkyl halides is 1. The van der Waals surface area contributed by atoms with Crippen LogP contribution in [0.4, 0.5) is 4.39 Å². The van der Waals surface area contributed by atoms with Crippen LogP contribution in [0.1, 0.15) is 13.8 Å². The number of hydrogen-bond acceptors (Lipinski definition) is 1. The summed E-state index contributed by atoms with van der Waals surface area (Å²) in [4.78, 5) is 10.7. The Labute approximate surface area is 78.6 Å². The molecule has 0 aromatic heterocycles. The first kappa shape index (κ1) is 11.8. The second-order valence-corrected chi connectivity index (χ2v) is 3.14. The van der Waals surface area contributed by atoms with Crippen LogP contribution in [0.25, 0.3) is 0 Å². The van der Waals surface area contributed by atoms with Crippen LogP contribution in [0.5, 0.6) is 0 Å². The molecule has 0 aromatic rings. The van der Waals surface area contributed by atoms with E-state index in [1.54, 1.807) is 6.08 Å². The molecule has 0 radical (unpaired) electrons. The van der Waals surface area contributed by atoms with Crippen LogP contribution >= 0.6 is 0 Å². The van der Waals surface area contributed by atoms with E-state index in [9.17, 15) is 9.18 Å². The fourth-order valence-electron chi connectivity index (χ4n) is 0.579. The van der Waals surface area contributed by atoms with E-state index in [2.05, 4.69) is 13.2 Å².